The Morgan fingerprint density at radius 2 is 1.53 bits per heavy atom. The molecule has 0 aromatic carbocycles. The third kappa shape index (κ3) is 13.4. The molecular weight excluding hydrogens is 184 g/mol. The monoisotopic (exact) mass is 210 g/mol. The third-order valence-electron chi connectivity index (χ3n) is 2.54. The average Bonchev–Trinajstić information content (AvgIpc) is 2.20. The second-order valence-electron chi connectivity index (χ2n) is 4.27. The lowest BCUT2D eigenvalue weighted by Gasteiger charge is -1.95. The fraction of sp³-hybridized carbons (Fsp3) is 0.786. The first-order valence-corrected chi connectivity index (χ1v) is 6.41. The fourth-order valence-electron chi connectivity index (χ4n) is 1.56. The molecule has 0 fully saturated rings. The maximum absolute atomic E-state index is 10.7. The van der Waals surface area contributed by atoms with Crippen molar-refractivity contribution in [3.63, 3.8) is 0 Å². The Morgan fingerprint density at radius 3 is 2.07 bits per heavy atom. The molecule has 0 atom stereocenters. The van der Waals surface area contributed by atoms with Gasteiger partial charge in [-0.3, -0.25) is 0 Å². The largest absolute Gasteiger partial charge is 0.300 e. The first-order chi connectivity index (χ1) is 7.27. The highest BCUT2D eigenvalue weighted by molar-refractivity contribution is 5.75. The molecule has 0 unspecified atom stereocenters. The van der Waals surface area contributed by atoms with Crippen LogP contribution in [0, 0.1) is 0 Å². The second kappa shape index (κ2) is 11.5. The fourth-order valence-corrected chi connectivity index (χ4v) is 1.56. The van der Waals surface area contributed by atoms with E-state index in [4.69, 9.17) is 0 Å². The standard InChI is InChI=1S/C14H26O/c1-3-4-5-6-7-8-9-10-11-12-13-14(2)15/h8-9H,3-7,10-13H2,1-2H3/b9-8+. The predicted octanol–water partition coefficient (Wildman–Crippen LogP) is 4.66. The Morgan fingerprint density at radius 1 is 0.933 bits per heavy atom. The highest BCUT2D eigenvalue weighted by Gasteiger charge is 1.91. The van der Waals surface area contributed by atoms with Crippen LogP contribution in [0.1, 0.15) is 71.6 Å². The molecule has 1 heteroatoms. The van der Waals surface area contributed by atoms with Crippen LogP contribution in [0.5, 0.6) is 0 Å². The van der Waals surface area contributed by atoms with Crippen molar-refractivity contribution in [1.29, 1.82) is 0 Å². The number of allylic oxidation sites excluding steroid dienone is 2. The minimum absolute atomic E-state index is 0.318. The second-order valence-corrected chi connectivity index (χ2v) is 4.27. The molecule has 15 heavy (non-hydrogen) atoms. The molecule has 0 aliphatic carbocycles. The van der Waals surface area contributed by atoms with Crippen LogP contribution in [0.3, 0.4) is 0 Å². The lowest BCUT2D eigenvalue weighted by atomic mass is 10.1. The Labute approximate surface area is 95.0 Å². The molecule has 0 bridgehead atoms. The summed E-state index contributed by atoms with van der Waals surface area (Å²) in [4.78, 5) is 10.7. The topological polar surface area (TPSA) is 17.1 Å². The molecule has 0 aliphatic heterocycles. The lowest BCUT2D eigenvalue weighted by molar-refractivity contribution is -0.117. The summed E-state index contributed by atoms with van der Waals surface area (Å²) in [5.74, 6) is 0.318. The van der Waals surface area contributed by atoms with Gasteiger partial charge in [-0.15, -0.1) is 0 Å². The Hall–Kier alpha value is -0.590. The van der Waals surface area contributed by atoms with Gasteiger partial charge in [0, 0.05) is 6.42 Å². The lowest BCUT2D eigenvalue weighted by Crippen LogP contribution is -1.88. The van der Waals surface area contributed by atoms with Gasteiger partial charge in [0.05, 0.1) is 0 Å². The van der Waals surface area contributed by atoms with Gasteiger partial charge in [0.15, 0.2) is 0 Å². The Bertz CT molecular complexity index is 170. The first-order valence-electron chi connectivity index (χ1n) is 6.41. The van der Waals surface area contributed by atoms with E-state index in [2.05, 4.69) is 19.1 Å². The van der Waals surface area contributed by atoms with Gasteiger partial charge in [0.25, 0.3) is 0 Å². The van der Waals surface area contributed by atoms with Crippen molar-refractivity contribution in [1.82, 2.24) is 0 Å². The molecule has 0 aliphatic rings. The normalized spacial score (nSPS) is 11.1. The van der Waals surface area contributed by atoms with E-state index in [0.717, 1.165) is 25.7 Å². The van der Waals surface area contributed by atoms with Crippen LogP contribution in [-0.4, -0.2) is 5.78 Å². The van der Waals surface area contributed by atoms with Crippen LogP contribution in [0.4, 0.5) is 0 Å². The molecule has 0 spiro atoms. The van der Waals surface area contributed by atoms with Crippen LogP contribution in [-0.2, 0) is 4.79 Å². The smallest absolute Gasteiger partial charge is 0.129 e. The molecular formula is C14H26O. The van der Waals surface area contributed by atoms with Gasteiger partial charge in [-0.05, 0) is 39.0 Å². The van der Waals surface area contributed by atoms with Gasteiger partial charge in [-0.1, -0.05) is 38.3 Å². The van der Waals surface area contributed by atoms with E-state index >= 15 is 0 Å². The summed E-state index contributed by atoms with van der Waals surface area (Å²) < 4.78 is 0. The zero-order valence-corrected chi connectivity index (χ0v) is 10.4. The number of carbonyl (C=O) groups excluding carboxylic acids is 1. The van der Waals surface area contributed by atoms with E-state index in [0.29, 0.717) is 5.78 Å². The number of Topliss-reactive ketones (excluding diaryl/α,β-unsaturated/α-hetero) is 1. The highest BCUT2D eigenvalue weighted by atomic mass is 16.1. The molecule has 0 rings (SSSR count). The number of ketones is 1. The maximum Gasteiger partial charge on any atom is 0.129 e. The van der Waals surface area contributed by atoms with Crippen molar-refractivity contribution in [3.8, 4) is 0 Å². The van der Waals surface area contributed by atoms with Gasteiger partial charge in [0.2, 0.25) is 0 Å². The van der Waals surface area contributed by atoms with Crippen molar-refractivity contribution < 1.29 is 4.79 Å². The van der Waals surface area contributed by atoms with Gasteiger partial charge in [0.1, 0.15) is 5.78 Å². The number of rotatable bonds is 10. The molecule has 0 radical (unpaired) electrons. The molecule has 0 aromatic rings. The highest BCUT2D eigenvalue weighted by Crippen LogP contribution is 2.05. The summed E-state index contributed by atoms with van der Waals surface area (Å²) in [6.45, 7) is 3.91. The zero-order chi connectivity index (χ0) is 11.4. The summed E-state index contributed by atoms with van der Waals surface area (Å²) in [5, 5.41) is 0. The van der Waals surface area contributed by atoms with E-state index in [1.807, 2.05) is 0 Å². The number of hydrogen-bond acceptors (Lipinski definition) is 1. The predicted molar refractivity (Wildman–Crippen MR) is 67.0 cm³/mol. The van der Waals surface area contributed by atoms with Gasteiger partial charge < -0.3 is 4.79 Å². The van der Waals surface area contributed by atoms with Gasteiger partial charge in [-0.2, -0.15) is 0 Å². The van der Waals surface area contributed by atoms with Crippen LogP contribution in [0.25, 0.3) is 0 Å². The summed E-state index contributed by atoms with van der Waals surface area (Å²) in [7, 11) is 0. The van der Waals surface area contributed by atoms with Crippen molar-refractivity contribution >= 4 is 5.78 Å². The minimum atomic E-state index is 0.318. The molecule has 88 valence electrons. The number of hydrogen-bond donors (Lipinski definition) is 0. The average molecular weight is 210 g/mol. The van der Waals surface area contributed by atoms with E-state index in [9.17, 15) is 4.79 Å². The third-order valence-corrected chi connectivity index (χ3v) is 2.54. The van der Waals surface area contributed by atoms with E-state index < -0.39 is 0 Å². The maximum atomic E-state index is 10.7. The molecule has 0 saturated carbocycles. The number of carbonyl (C=O) groups is 1. The van der Waals surface area contributed by atoms with Crippen LogP contribution >= 0.6 is 0 Å². The van der Waals surface area contributed by atoms with Crippen molar-refractivity contribution in [2.24, 2.45) is 0 Å². The van der Waals surface area contributed by atoms with Crippen LogP contribution in [0.15, 0.2) is 12.2 Å². The van der Waals surface area contributed by atoms with E-state index in [1.54, 1.807) is 6.92 Å². The van der Waals surface area contributed by atoms with Gasteiger partial charge in [-0.25, -0.2) is 0 Å². The summed E-state index contributed by atoms with van der Waals surface area (Å²) in [5.41, 5.74) is 0. The number of unbranched alkanes of at least 4 members (excludes halogenated alkanes) is 6. The molecule has 0 heterocycles. The zero-order valence-electron chi connectivity index (χ0n) is 10.4. The molecule has 0 aromatic heterocycles. The van der Waals surface area contributed by atoms with Crippen molar-refractivity contribution in [3.05, 3.63) is 12.2 Å². The van der Waals surface area contributed by atoms with Gasteiger partial charge >= 0.3 is 0 Å². The first kappa shape index (κ1) is 14.4. The SMILES string of the molecule is CCCCCC/C=C/CCCCC(C)=O. The summed E-state index contributed by atoms with van der Waals surface area (Å²) in [6, 6.07) is 0. The van der Waals surface area contributed by atoms with Crippen LogP contribution < -0.4 is 0 Å². The van der Waals surface area contributed by atoms with Crippen molar-refractivity contribution in [2.75, 3.05) is 0 Å². The molecule has 0 N–H and O–H groups in total. The van der Waals surface area contributed by atoms with Crippen LogP contribution in [0.2, 0.25) is 0 Å². The van der Waals surface area contributed by atoms with E-state index in [-0.39, 0.29) is 0 Å². The summed E-state index contributed by atoms with van der Waals surface area (Å²) in [6.07, 6.45) is 15.3. The molecule has 1 nitrogen and oxygen atoms in total. The minimum Gasteiger partial charge on any atom is -0.300 e. The molecule has 0 amide bonds. The Balaban J connectivity index is 3.07. The Kier molecular flexibility index (Phi) is 11.0. The van der Waals surface area contributed by atoms with Crippen molar-refractivity contribution in [2.45, 2.75) is 71.6 Å². The molecule has 0 saturated heterocycles. The quantitative estimate of drug-likeness (QED) is 0.378. The summed E-state index contributed by atoms with van der Waals surface area (Å²) >= 11 is 0. The van der Waals surface area contributed by atoms with E-state index in [1.165, 1.54) is 32.1 Å².